The number of carbonyl (C=O) groups is 4. The van der Waals surface area contributed by atoms with E-state index in [-0.39, 0.29) is 53.8 Å². The van der Waals surface area contributed by atoms with Gasteiger partial charge in [-0.2, -0.15) is 5.10 Å². The van der Waals surface area contributed by atoms with E-state index in [0.29, 0.717) is 72.0 Å². The van der Waals surface area contributed by atoms with Crippen LogP contribution in [-0.4, -0.2) is 109 Å². The molecule has 3 aromatic carbocycles. The van der Waals surface area contributed by atoms with Crippen molar-refractivity contribution in [2.75, 3.05) is 54.4 Å². The monoisotopic (exact) mass is 941 g/mol. The second kappa shape index (κ2) is 17.3. The van der Waals surface area contributed by atoms with Crippen LogP contribution in [0.5, 0.6) is 0 Å². The highest BCUT2D eigenvalue weighted by molar-refractivity contribution is 7.13. The molecule has 5 aliphatic heterocycles. The van der Waals surface area contributed by atoms with E-state index in [9.17, 15) is 24.3 Å². The maximum Gasteiger partial charge on any atom is 0.272 e. The minimum atomic E-state index is -1.18. The number of nitrogens with one attached hydrogen (secondary N) is 2. The molecule has 3 aromatic heterocycles. The zero-order valence-electron chi connectivity index (χ0n) is 37.2. The minimum Gasteiger partial charge on any atom is -0.389 e. The lowest BCUT2D eigenvalue weighted by Gasteiger charge is -2.55. The van der Waals surface area contributed by atoms with Gasteiger partial charge < -0.3 is 24.4 Å². The van der Waals surface area contributed by atoms with Crippen molar-refractivity contribution < 1.29 is 33.1 Å². The van der Waals surface area contributed by atoms with E-state index in [1.165, 1.54) is 28.2 Å². The fraction of sp³-hybridized carbons (Fsp3) is 0.388. The average molecular weight is 942 g/mol. The fourth-order valence-electron chi connectivity index (χ4n) is 10.5. The predicted molar refractivity (Wildman–Crippen MR) is 252 cm³/mol. The molecule has 1 atom stereocenters. The normalized spacial score (nSPS) is 19.9. The first-order chi connectivity index (χ1) is 32.9. The number of amides is 4. The van der Waals surface area contributed by atoms with E-state index in [1.54, 1.807) is 36.2 Å². The van der Waals surface area contributed by atoms with Crippen LogP contribution in [0.3, 0.4) is 0 Å². The smallest absolute Gasteiger partial charge is 0.272 e. The Morgan fingerprint density at radius 1 is 0.882 bits per heavy atom. The van der Waals surface area contributed by atoms with Gasteiger partial charge in [-0.1, -0.05) is 12.1 Å². The number of aromatic nitrogens is 5. The number of aryl methyl sites for hydroxylation is 1. The third-order valence-corrected chi connectivity index (χ3v) is 15.1. The largest absolute Gasteiger partial charge is 0.389 e. The molecule has 0 bridgehead atoms. The van der Waals surface area contributed by atoms with Crippen LogP contribution in [0.25, 0.3) is 22.0 Å². The Morgan fingerprint density at radius 2 is 1.68 bits per heavy atom. The second-order valence-corrected chi connectivity index (χ2v) is 19.7. The second-order valence-electron chi connectivity index (χ2n) is 18.8. The van der Waals surface area contributed by atoms with E-state index in [0.717, 1.165) is 62.3 Å². The molecule has 6 aromatic rings. The van der Waals surface area contributed by atoms with Crippen molar-refractivity contribution in [2.45, 2.75) is 76.0 Å². The Morgan fingerprint density at radius 3 is 2.41 bits per heavy atom. The summed E-state index contributed by atoms with van der Waals surface area (Å²) in [5, 5.41) is 23.9. The summed E-state index contributed by atoms with van der Waals surface area (Å²) < 4.78 is 34.7. The van der Waals surface area contributed by atoms with E-state index in [2.05, 4.69) is 47.2 Å². The number of piperidine rings is 3. The summed E-state index contributed by atoms with van der Waals surface area (Å²) in [6, 6.07) is 15.0. The SMILES string of the molecule is O=C1CCC(=Nc2ccc(N3CCC(O)(CC(=O)N4CCC5(CC4)CN(c4ccc(-c6cc(F)c7cn(C(C(=O)Nc8nccs8)c8ncn9c8CCC9)nc7c6)cc4)C5)CC3)c(F)c2)C(=O)N1. The Kier molecular flexibility index (Phi) is 11.1. The zero-order chi connectivity index (χ0) is 46.7. The number of fused-ring (bicyclic) bond motifs is 2. The maximum absolute atomic E-state index is 15.9. The number of aliphatic imine (C=N–C) groups is 1. The summed E-state index contributed by atoms with van der Waals surface area (Å²) >= 11 is 1.31. The minimum absolute atomic E-state index is 0.0210. The molecule has 4 fully saturated rings. The molecule has 0 radical (unpaired) electrons. The van der Waals surface area contributed by atoms with Crippen molar-refractivity contribution >= 4 is 73.8 Å². The highest BCUT2D eigenvalue weighted by Gasteiger charge is 2.46. The van der Waals surface area contributed by atoms with Gasteiger partial charge in [0.05, 0.1) is 46.3 Å². The highest BCUT2D eigenvalue weighted by Crippen LogP contribution is 2.44. The van der Waals surface area contributed by atoms with Gasteiger partial charge in [0.1, 0.15) is 17.3 Å². The summed E-state index contributed by atoms with van der Waals surface area (Å²) in [6.45, 7) is 4.57. The van der Waals surface area contributed by atoms with E-state index >= 15 is 8.78 Å². The third kappa shape index (κ3) is 8.41. The molecule has 8 heterocycles. The lowest BCUT2D eigenvalue weighted by atomic mass is 9.71. The van der Waals surface area contributed by atoms with Crippen LogP contribution in [0, 0.1) is 17.0 Å². The molecule has 0 saturated carbocycles. The molecule has 5 aliphatic rings. The van der Waals surface area contributed by atoms with E-state index in [1.807, 2.05) is 28.0 Å². The van der Waals surface area contributed by atoms with Crippen LogP contribution in [0.2, 0.25) is 0 Å². The first-order valence-corrected chi connectivity index (χ1v) is 24.0. The molecule has 1 spiro atoms. The summed E-state index contributed by atoms with van der Waals surface area (Å²) in [6.07, 6.45) is 9.45. The van der Waals surface area contributed by atoms with Gasteiger partial charge in [-0.15, -0.1) is 11.3 Å². The number of hydrogen-bond acceptors (Lipinski definition) is 12. The summed E-state index contributed by atoms with van der Waals surface area (Å²) in [7, 11) is 0. The standard InChI is InChI=1S/C49H49F2N11O5S/c50-35-22-31(23-38-34(35)26-62(57-38)44(46(66)56-47-52-15-21-68-47)43-40-2-1-16-60(40)29-53-43)30-3-6-33(7-4-30)61-27-48(28-61)11-17-59(18-12-48)42(64)25-49(67)13-19-58(20-14-49)39-9-5-32(24-36(39)51)54-37-8-10-41(63)55-45(37)65/h3-7,9,15,21-24,26,29,44,67H,1-2,8,10-14,16-20,25,27-28H2,(H,52,56,66)(H,55,63,65). The number of imide groups is 1. The van der Waals surface area contributed by atoms with Crippen molar-refractivity contribution in [3.63, 3.8) is 0 Å². The van der Waals surface area contributed by atoms with E-state index in [4.69, 9.17) is 5.10 Å². The predicted octanol–water partition coefficient (Wildman–Crippen LogP) is 6.17. The number of thiazole rings is 1. The van der Waals surface area contributed by atoms with Crippen LogP contribution < -0.4 is 20.4 Å². The van der Waals surface area contributed by atoms with Crippen LogP contribution in [0.15, 0.2) is 83.7 Å². The van der Waals surface area contributed by atoms with Crippen molar-refractivity contribution in [1.29, 1.82) is 0 Å². The Labute approximate surface area is 393 Å². The average Bonchev–Trinajstić information content (AvgIpc) is 4.15. The molecule has 3 N–H and O–H groups in total. The van der Waals surface area contributed by atoms with Gasteiger partial charge in [-0.05, 0) is 86.1 Å². The van der Waals surface area contributed by atoms with Gasteiger partial charge in [0.25, 0.3) is 11.8 Å². The van der Waals surface area contributed by atoms with Gasteiger partial charge in [0.2, 0.25) is 11.8 Å². The van der Waals surface area contributed by atoms with Gasteiger partial charge in [-0.3, -0.25) is 34.5 Å². The van der Waals surface area contributed by atoms with Crippen molar-refractivity contribution in [3.8, 4) is 11.1 Å². The third-order valence-electron chi connectivity index (χ3n) is 14.4. The van der Waals surface area contributed by atoms with Crippen LogP contribution in [0.4, 0.5) is 31.0 Å². The number of halogens is 2. The topological polar surface area (TPSA) is 183 Å². The molecular formula is C49H49F2N11O5S. The first kappa shape index (κ1) is 43.7. The summed E-state index contributed by atoms with van der Waals surface area (Å²) in [5.74, 6) is -2.27. The molecule has 1 unspecified atom stereocenters. The number of imidazole rings is 1. The number of aliphatic hydroxyl groups is 1. The number of benzene rings is 3. The maximum atomic E-state index is 15.9. The number of rotatable bonds is 10. The van der Waals surface area contributed by atoms with Crippen molar-refractivity contribution in [2.24, 2.45) is 10.4 Å². The number of carbonyl (C=O) groups excluding carboxylic acids is 4. The summed E-state index contributed by atoms with van der Waals surface area (Å²) in [5.41, 5.74) is 4.33. The molecule has 68 heavy (non-hydrogen) atoms. The first-order valence-electron chi connectivity index (χ1n) is 23.1. The van der Waals surface area contributed by atoms with Gasteiger partial charge in [0, 0.05) is 99.3 Å². The van der Waals surface area contributed by atoms with Gasteiger partial charge in [0.15, 0.2) is 11.2 Å². The number of nitrogens with zero attached hydrogens (tertiary/aromatic N) is 9. The van der Waals surface area contributed by atoms with Gasteiger partial charge >= 0.3 is 0 Å². The molecule has 4 amide bonds. The molecule has 19 heteroatoms. The number of anilines is 3. The number of likely N-dealkylation sites (tertiary alicyclic amines) is 1. The molecule has 11 rings (SSSR count). The molecular weight excluding hydrogens is 893 g/mol. The quantitative estimate of drug-likeness (QED) is 0.134. The molecule has 16 nitrogen and oxygen atoms in total. The Hall–Kier alpha value is -6.86. The molecule has 0 aliphatic carbocycles. The van der Waals surface area contributed by atoms with Crippen LogP contribution in [0.1, 0.15) is 68.8 Å². The Balaban J connectivity index is 0.680. The zero-order valence-corrected chi connectivity index (χ0v) is 38.0. The van der Waals surface area contributed by atoms with Crippen molar-refractivity contribution in [1.82, 2.24) is 34.5 Å². The lowest BCUT2D eigenvalue weighted by molar-refractivity contribution is -0.140. The Bertz CT molecular complexity index is 2980. The molecule has 350 valence electrons. The van der Waals surface area contributed by atoms with Crippen LogP contribution >= 0.6 is 11.3 Å². The molecule has 4 saturated heterocycles. The number of hydrogen-bond donors (Lipinski definition) is 3. The highest BCUT2D eigenvalue weighted by atomic mass is 32.1. The van der Waals surface area contributed by atoms with Gasteiger partial charge in [-0.25, -0.2) is 23.7 Å². The lowest BCUT2D eigenvalue weighted by Crippen LogP contribution is -2.61. The summed E-state index contributed by atoms with van der Waals surface area (Å²) in [4.78, 5) is 70.0. The van der Waals surface area contributed by atoms with Crippen molar-refractivity contribution in [3.05, 3.63) is 102 Å². The van der Waals surface area contributed by atoms with Crippen LogP contribution in [-0.2, 0) is 32.1 Å². The fourth-order valence-corrected chi connectivity index (χ4v) is 11.1. The van der Waals surface area contributed by atoms with E-state index < -0.39 is 29.2 Å².